The Morgan fingerprint density at radius 1 is 1.23 bits per heavy atom. The molecule has 1 N–H and O–H groups in total. The molecule has 3 aromatic rings. The summed E-state index contributed by atoms with van der Waals surface area (Å²) in [6, 6.07) is 8.30. The van der Waals surface area contributed by atoms with Gasteiger partial charge in [-0.1, -0.05) is 12.1 Å². The largest absolute Gasteiger partial charge is 0.425 e. The zero-order chi connectivity index (χ0) is 15.5. The lowest BCUT2D eigenvalue weighted by atomic mass is 10.2. The number of benzene rings is 1. The van der Waals surface area contributed by atoms with Gasteiger partial charge in [-0.15, -0.1) is 0 Å². The molecule has 0 bridgehead atoms. The first kappa shape index (κ1) is 14.3. The van der Waals surface area contributed by atoms with Crippen molar-refractivity contribution in [3.05, 3.63) is 46.3 Å². The van der Waals surface area contributed by atoms with E-state index in [4.69, 9.17) is 13.6 Å². The third-order valence-electron chi connectivity index (χ3n) is 3.31. The van der Waals surface area contributed by atoms with Crippen LogP contribution in [0.25, 0.3) is 22.1 Å². The van der Waals surface area contributed by atoms with Crippen LogP contribution in [0.3, 0.4) is 0 Å². The molecular formula is C16H15NO5. The maximum atomic E-state index is 12.4. The molecule has 22 heavy (non-hydrogen) atoms. The lowest BCUT2D eigenvalue weighted by Gasteiger charge is -2.01. The van der Waals surface area contributed by atoms with Crippen molar-refractivity contribution in [3.63, 3.8) is 0 Å². The van der Waals surface area contributed by atoms with Gasteiger partial charge in [0.1, 0.15) is 11.0 Å². The summed E-state index contributed by atoms with van der Waals surface area (Å²) in [7, 11) is 1.60. The van der Waals surface area contributed by atoms with Crippen LogP contribution in [0.15, 0.2) is 44.0 Å². The summed E-state index contributed by atoms with van der Waals surface area (Å²) in [5, 5.41) is 3.42. The molecule has 0 aliphatic heterocycles. The number of furan rings is 1. The van der Waals surface area contributed by atoms with Crippen molar-refractivity contribution in [1.82, 2.24) is 5.32 Å². The van der Waals surface area contributed by atoms with Crippen LogP contribution in [-0.2, 0) is 4.74 Å². The third-order valence-corrected chi connectivity index (χ3v) is 3.31. The zero-order valence-electron chi connectivity index (χ0n) is 12.0. The highest BCUT2D eigenvalue weighted by atomic mass is 16.5. The SMILES string of the molecule is COCCCNC(=O)c1cc2c(=O)c3ccccc3oc2o1. The van der Waals surface area contributed by atoms with Gasteiger partial charge < -0.3 is 18.9 Å². The Hall–Kier alpha value is -2.60. The Kier molecular flexibility index (Phi) is 3.93. The van der Waals surface area contributed by atoms with Crippen LogP contribution >= 0.6 is 0 Å². The van der Waals surface area contributed by atoms with E-state index in [0.717, 1.165) is 0 Å². The Balaban J connectivity index is 1.93. The van der Waals surface area contributed by atoms with E-state index in [9.17, 15) is 9.59 Å². The topological polar surface area (TPSA) is 81.7 Å². The number of hydrogen-bond donors (Lipinski definition) is 1. The standard InChI is InChI=1S/C16H15NO5/c1-20-8-4-7-17-15(19)13-9-11-14(18)10-5-2-3-6-12(10)21-16(11)22-13/h2-3,5-6,9H,4,7-8H2,1H3,(H,17,19). The molecule has 0 fully saturated rings. The summed E-state index contributed by atoms with van der Waals surface area (Å²) in [5.41, 5.74) is 0.223. The molecule has 0 atom stereocenters. The lowest BCUT2D eigenvalue weighted by molar-refractivity contribution is 0.0921. The van der Waals surface area contributed by atoms with E-state index >= 15 is 0 Å². The van der Waals surface area contributed by atoms with Gasteiger partial charge in [-0.05, 0) is 18.6 Å². The predicted molar refractivity (Wildman–Crippen MR) is 81.1 cm³/mol. The monoisotopic (exact) mass is 301 g/mol. The maximum absolute atomic E-state index is 12.4. The van der Waals surface area contributed by atoms with Gasteiger partial charge in [0, 0.05) is 26.3 Å². The second-order valence-electron chi connectivity index (χ2n) is 4.84. The molecule has 0 spiro atoms. The summed E-state index contributed by atoms with van der Waals surface area (Å²) < 4.78 is 15.8. The van der Waals surface area contributed by atoms with E-state index in [1.807, 2.05) is 0 Å². The number of hydrogen-bond acceptors (Lipinski definition) is 5. The number of rotatable bonds is 5. The average Bonchev–Trinajstić information content (AvgIpc) is 2.96. The molecule has 0 radical (unpaired) electrons. The average molecular weight is 301 g/mol. The first-order valence-electron chi connectivity index (χ1n) is 6.93. The summed E-state index contributed by atoms with van der Waals surface area (Å²) >= 11 is 0. The quantitative estimate of drug-likeness (QED) is 0.731. The number of carbonyl (C=O) groups is 1. The minimum Gasteiger partial charge on any atom is -0.425 e. The molecule has 0 aliphatic carbocycles. The maximum Gasteiger partial charge on any atom is 0.302 e. The van der Waals surface area contributed by atoms with Crippen molar-refractivity contribution in [2.45, 2.75) is 6.42 Å². The fourth-order valence-corrected chi connectivity index (χ4v) is 2.21. The first-order chi connectivity index (χ1) is 10.7. The number of amides is 1. The minimum atomic E-state index is -0.383. The molecule has 0 aliphatic rings. The molecule has 0 saturated heterocycles. The number of methoxy groups -OCH3 is 1. The van der Waals surface area contributed by atoms with Crippen molar-refractivity contribution in [3.8, 4) is 0 Å². The van der Waals surface area contributed by atoms with Crippen LogP contribution in [0, 0.1) is 0 Å². The molecule has 114 valence electrons. The molecule has 0 unspecified atom stereocenters. The van der Waals surface area contributed by atoms with Gasteiger partial charge in [-0.2, -0.15) is 0 Å². The van der Waals surface area contributed by atoms with Crippen LogP contribution in [0.2, 0.25) is 0 Å². The Morgan fingerprint density at radius 2 is 2.05 bits per heavy atom. The second-order valence-corrected chi connectivity index (χ2v) is 4.84. The smallest absolute Gasteiger partial charge is 0.302 e. The number of ether oxygens (including phenoxy) is 1. The summed E-state index contributed by atoms with van der Waals surface area (Å²) in [6.07, 6.45) is 0.698. The Bertz CT molecular complexity index is 877. The second kappa shape index (κ2) is 6.03. The molecule has 6 nitrogen and oxygen atoms in total. The van der Waals surface area contributed by atoms with E-state index < -0.39 is 0 Å². The summed E-state index contributed by atoms with van der Waals surface area (Å²) in [6.45, 7) is 1.03. The Labute approximate surface area is 125 Å². The van der Waals surface area contributed by atoms with Gasteiger partial charge in [-0.3, -0.25) is 9.59 Å². The van der Waals surface area contributed by atoms with Crippen LogP contribution in [0.1, 0.15) is 17.0 Å². The highest BCUT2D eigenvalue weighted by Crippen LogP contribution is 2.21. The van der Waals surface area contributed by atoms with Crippen molar-refractivity contribution in [1.29, 1.82) is 0 Å². The molecule has 1 amide bonds. The Morgan fingerprint density at radius 3 is 2.86 bits per heavy atom. The first-order valence-corrected chi connectivity index (χ1v) is 6.93. The van der Waals surface area contributed by atoms with Crippen LogP contribution in [-0.4, -0.2) is 26.2 Å². The molecule has 1 aromatic carbocycles. The van der Waals surface area contributed by atoms with Crippen molar-refractivity contribution >= 4 is 28.0 Å². The van der Waals surface area contributed by atoms with Gasteiger partial charge >= 0.3 is 5.78 Å². The normalized spacial score (nSPS) is 11.1. The van der Waals surface area contributed by atoms with Gasteiger partial charge in [0.2, 0.25) is 5.43 Å². The van der Waals surface area contributed by atoms with E-state index in [1.165, 1.54) is 6.07 Å². The number of para-hydroxylation sites is 1. The van der Waals surface area contributed by atoms with Crippen molar-refractivity contribution < 1.29 is 18.4 Å². The number of fused-ring (bicyclic) bond motifs is 2. The molecule has 2 aromatic heterocycles. The fourth-order valence-electron chi connectivity index (χ4n) is 2.21. The lowest BCUT2D eigenvalue weighted by Crippen LogP contribution is -2.24. The molecule has 6 heteroatoms. The predicted octanol–water partition coefficient (Wildman–Crippen LogP) is 2.31. The van der Waals surface area contributed by atoms with Crippen LogP contribution < -0.4 is 10.7 Å². The fraction of sp³-hybridized carbons (Fsp3) is 0.250. The zero-order valence-corrected chi connectivity index (χ0v) is 12.0. The molecule has 0 saturated carbocycles. The van der Waals surface area contributed by atoms with Gasteiger partial charge in [0.05, 0.1) is 5.39 Å². The van der Waals surface area contributed by atoms with E-state index in [1.54, 1.807) is 31.4 Å². The summed E-state index contributed by atoms with van der Waals surface area (Å²) in [5.74, 6) is -0.264. The highest BCUT2D eigenvalue weighted by molar-refractivity contribution is 5.97. The third kappa shape index (κ3) is 2.60. The van der Waals surface area contributed by atoms with E-state index in [2.05, 4.69) is 5.32 Å². The van der Waals surface area contributed by atoms with Crippen molar-refractivity contribution in [2.24, 2.45) is 0 Å². The van der Waals surface area contributed by atoms with Crippen LogP contribution in [0.5, 0.6) is 0 Å². The van der Waals surface area contributed by atoms with E-state index in [-0.39, 0.29) is 28.3 Å². The van der Waals surface area contributed by atoms with E-state index in [0.29, 0.717) is 30.5 Å². The number of nitrogens with one attached hydrogen (secondary N) is 1. The molecule has 3 rings (SSSR count). The molecule has 2 heterocycles. The van der Waals surface area contributed by atoms with Crippen LogP contribution in [0.4, 0.5) is 0 Å². The summed E-state index contributed by atoms with van der Waals surface area (Å²) in [4.78, 5) is 24.3. The van der Waals surface area contributed by atoms with Gasteiger partial charge in [0.25, 0.3) is 5.91 Å². The highest BCUT2D eigenvalue weighted by Gasteiger charge is 2.17. The van der Waals surface area contributed by atoms with Crippen molar-refractivity contribution in [2.75, 3.05) is 20.3 Å². The minimum absolute atomic E-state index is 0.0589. The van der Waals surface area contributed by atoms with Gasteiger partial charge in [-0.25, -0.2) is 0 Å². The molecular weight excluding hydrogens is 286 g/mol. The van der Waals surface area contributed by atoms with Gasteiger partial charge in [0.15, 0.2) is 5.76 Å². The number of carbonyl (C=O) groups excluding carboxylic acids is 1.